The predicted octanol–water partition coefficient (Wildman–Crippen LogP) is 0.211. The summed E-state index contributed by atoms with van der Waals surface area (Å²) in [5.41, 5.74) is 0.916. The molecular formula is C20H24N6O3. The van der Waals surface area contributed by atoms with E-state index in [-0.39, 0.29) is 22.5 Å². The number of rotatable bonds is 5. The third-order valence-corrected chi connectivity index (χ3v) is 5.14. The molecule has 1 fully saturated rings. The summed E-state index contributed by atoms with van der Waals surface area (Å²) < 4.78 is 8.52. The van der Waals surface area contributed by atoms with E-state index in [0.29, 0.717) is 49.5 Å². The predicted molar refractivity (Wildman–Crippen MR) is 108 cm³/mol. The molecule has 1 amide bonds. The number of nitrogens with zero attached hydrogens (tertiary/aromatic N) is 4. The lowest BCUT2D eigenvalue weighted by Gasteiger charge is -2.27. The number of pyridine rings is 2. The van der Waals surface area contributed by atoms with Crippen molar-refractivity contribution in [1.82, 2.24) is 24.2 Å². The van der Waals surface area contributed by atoms with Gasteiger partial charge in [0.2, 0.25) is 0 Å². The van der Waals surface area contributed by atoms with Crippen LogP contribution in [0.1, 0.15) is 17.3 Å². The minimum Gasteiger partial charge on any atom is -0.379 e. The van der Waals surface area contributed by atoms with Gasteiger partial charge in [0, 0.05) is 38.9 Å². The first-order chi connectivity index (χ1) is 14.1. The molecule has 1 saturated heterocycles. The normalized spacial score (nSPS) is 15.1. The number of amides is 1. The second-order valence-electron chi connectivity index (χ2n) is 6.95. The minimum atomic E-state index is -0.364. The molecule has 3 aromatic rings. The van der Waals surface area contributed by atoms with Crippen LogP contribution in [0.2, 0.25) is 0 Å². The number of fused-ring (bicyclic) bond motifs is 2. The van der Waals surface area contributed by atoms with Crippen molar-refractivity contribution in [2.24, 2.45) is 0 Å². The van der Waals surface area contributed by atoms with Gasteiger partial charge in [-0.15, -0.1) is 0 Å². The van der Waals surface area contributed by atoms with Gasteiger partial charge in [-0.2, -0.15) is 0 Å². The fourth-order valence-corrected chi connectivity index (χ4v) is 3.60. The Morgan fingerprint density at radius 2 is 2.07 bits per heavy atom. The van der Waals surface area contributed by atoms with Crippen LogP contribution in [0.5, 0.6) is 0 Å². The molecule has 9 nitrogen and oxygen atoms in total. The van der Waals surface area contributed by atoms with Gasteiger partial charge in [0.15, 0.2) is 0 Å². The van der Waals surface area contributed by atoms with Crippen LogP contribution in [-0.2, 0) is 11.3 Å². The van der Waals surface area contributed by atoms with Gasteiger partial charge in [0.05, 0.1) is 24.2 Å². The van der Waals surface area contributed by atoms with Crippen molar-refractivity contribution in [2.45, 2.75) is 13.5 Å². The number of nitrogens with one attached hydrogen (secondary N) is 2. The molecular weight excluding hydrogens is 372 g/mol. The third kappa shape index (κ3) is 3.66. The van der Waals surface area contributed by atoms with Crippen molar-refractivity contribution in [2.75, 3.05) is 39.4 Å². The average molecular weight is 396 g/mol. The highest BCUT2D eigenvalue weighted by molar-refractivity contribution is 5.96. The molecule has 0 aliphatic carbocycles. The number of morpholine rings is 1. The first-order valence-electron chi connectivity index (χ1n) is 9.78. The van der Waals surface area contributed by atoms with Crippen molar-refractivity contribution in [3.8, 4) is 0 Å². The maximum Gasteiger partial charge on any atom is 0.267 e. The van der Waals surface area contributed by atoms with E-state index in [0.717, 1.165) is 13.1 Å². The van der Waals surface area contributed by atoms with Crippen molar-refractivity contribution in [1.29, 1.82) is 5.41 Å². The zero-order valence-electron chi connectivity index (χ0n) is 16.4. The van der Waals surface area contributed by atoms with Gasteiger partial charge in [-0.1, -0.05) is 6.07 Å². The molecule has 0 atom stereocenters. The molecule has 0 unspecified atom stereocenters. The molecule has 1 aliphatic rings. The van der Waals surface area contributed by atoms with Crippen LogP contribution in [-0.4, -0.2) is 64.2 Å². The summed E-state index contributed by atoms with van der Waals surface area (Å²) >= 11 is 0. The number of hydrogen-bond donors (Lipinski definition) is 2. The quantitative estimate of drug-likeness (QED) is 0.600. The maximum absolute atomic E-state index is 13.1. The van der Waals surface area contributed by atoms with Crippen LogP contribution < -0.4 is 16.4 Å². The monoisotopic (exact) mass is 396 g/mol. The Labute approximate surface area is 167 Å². The summed E-state index contributed by atoms with van der Waals surface area (Å²) in [5, 5.41) is 11.7. The van der Waals surface area contributed by atoms with Crippen LogP contribution in [0.4, 0.5) is 0 Å². The highest BCUT2D eigenvalue weighted by Crippen LogP contribution is 2.11. The van der Waals surface area contributed by atoms with Crippen molar-refractivity contribution < 1.29 is 9.53 Å². The van der Waals surface area contributed by atoms with Gasteiger partial charge in [-0.25, -0.2) is 4.98 Å². The van der Waals surface area contributed by atoms with E-state index < -0.39 is 0 Å². The van der Waals surface area contributed by atoms with Gasteiger partial charge in [-0.05, 0) is 25.1 Å². The third-order valence-electron chi connectivity index (χ3n) is 5.14. The lowest BCUT2D eigenvalue weighted by Crippen LogP contribution is -2.41. The SMILES string of the molecule is CCNC(=O)c1cc2c(=O)n3ccccc3nc2n(CCN2CCOCC2)c1=N. The topological polar surface area (TPSA) is 105 Å². The Kier molecular flexibility index (Phi) is 5.41. The van der Waals surface area contributed by atoms with Gasteiger partial charge in [-0.3, -0.25) is 24.3 Å². The first kappa shape index (κ1) is 19.3. The smallest absolute Gasteiger partial charge is 0.267 e. The summed E-state index contributed by atoms with van der Waals surface area (Å²) in [7, 11) is 0. The molecule has 9 heteroatoms. The molecule has 0 saturated carbocycles. The van der Waals surface area contributed by atoms with Gasteiger partial charge < -0.3 is 14.6 Å². The summed E-state index contributed by atoms with van der Waals surface area (Å²) in [4.78, 5) is 32.5. The molecule has 29 heavy (non-hydrogen) atoms. The molecule has 4 rings (SSSR count). The van der Waals surface area contributed by atoms with Gasteiger partial charge >= 0.3 is 0 Å². The largest absolute Gasteiger partial charge is 0.379 e. The second kappa shape index (κ2) is 8.14. The average Bonchev–Trinajstić information content (AvgIpc) is 2.74. The lowest BCUT2D eigenvalue weighted by atomic mass is 10.2. The van der Waals surface area contributed by atoms with Crippen molar-refractivity contribution in [3.05, 3.63) is 51.9 Å². The molecule has 2 N–H and O–H groups in total. The van der Waals surface area contributed by atoms with E-state index in [4.69, 9.17) is 10.1 Å². The van der Waals surface area contributed by atoms with Crippen LogP contribution in [0.3, 0.4) is 0 Å². The summed E-state index contributed by atoms with van der Waals surface area (Å²) in [6.45, 7) is 6.41. The molecule has 0 radical (unpaired) electrons. The Morgan fingerprint density at radius 3 is 2.83 bits per heavy atom. The van der Waals surface area contributed by atoms with Gasteiger partial charge in [0.25, 0.3) is 11.5 Å². The van der Waals surface area contributed by atoms with Crippen LogP contribution in [0, 0.1) is 5.41 Å². The van der Waals surface area contributed by atoms with Crippen molar-refractivity contribution >= 4 is 22.6 Å². The molecule has 0 aromatic carbocycles. The lowest BCUT2D eigenvalue weighted by molar-refractivity contribution is 0.0363. The fourth-order valence-electron chi connectivity index (χ4n) is 3.60. The Hall–Kier alpha value is -3.04. The van der Waals surface area contributed by atoms with Crippen LogP contribution in [0.15, 0.2) is 35.3 Å². The zero-order valence-corrected chi connectivity index (χ0v) is 16.4. The fraction of sp³-hybridized carbons (Fsp3) is 0.400. The van der Waals surface area contributed by atoms with Gasteiger partial charge in [0.1, 0.15) is 16.8 Å². The van der Waals surface area contributed by atoms with E-state index in [1.165, 1.54) is 10.5 Å². The van der Waals surface area contributed by atoms with E-state index >= 15 is 0 Å². The molecule has 1 aliphatic heterocycles. The number of carbonyl (C=O) groups is 1. The second-order valence-corrected chi connectivity index (χ2v) is 6.95. The summed E-state index contributed by atoms with van der Waals surface area (Å²) in [6, 6.07) is 6.82. The number of aromatic nitrogens is 3. The standard InChI is InChI=1S/C20H24N6O3/c1-2-22-19(27)14-13-15-18(23-16-5-3-4-6-25(16)20(15)28)26(17(14)21)8-7-24-9-11-29-12-10-24/h3-6,13,21H,2,7-12H2,1H3,(H,22,27). The number of hydrogen-bond acceptors (Lipinski definition) is 6. The molecule has 0 spiro atoms. The summed E-state index contributed by atoms with van der Waals surface area (Å²) in [5.74, 6) is -0.364. The zero-order chi connectivity index (χ0) is 20.4. The highest BCUT2D eigenvalue weighted by atomic mass is 16.5. The summed E-state index contributed by atoms with van der Waals surface area (Å²) in [6.07, 6.45) is 1.66. The molecule has 4 heterocycles. The van der Waals surface area contributed by atoms with E-state index in [1.54, 1.807) is 22.9 Å². The molecule has 3 aromatic heterocycles. The number of ether oxygens (including phenoxy) is 1. The molecule has 152 valence electrons. The highest BCUT2D eigenvalue weighted by Gasteiger charge is 2.18. The van der Waals surface area contributed by atoms with Crippen LogP contribution >= 0.6 is 0 Å². The molecule has 0 bridgehead atoms. The maximum atomic E-state index is 13.1. The van der Waals surface area contributed by atoms with E-state index in [1.807, 2.05) is 13.0 Å². The van der Waals surface area contributed by atoms with E-state index in [2.05, 4.69) is 15.2 Å². The minimum absolute atomic E-state index is 0.0592. The Morgan fingerprint density at radius 1 is 1.28 bits per heavy atom. The van der Waals surface area contributed by atoms with Crippen LogP contribution in [0.25, 0.3) is 16.7 Å². The Balaban J connectivity index is 1.89. The Bertz CT molecular complexity index is 1180. The van der Waals surface area contributed by atoms with E-state index in [9.17, 15) is 9.59 Å². The van der Waals surface area contributed by atoms with Crippen molar-refractivity contribution in [3.63, 3.8) is 0 Å². The number of carbonyl (C=O) groups excluding carboxylic acids is 1. The first-order valence-corrected chi connectivity index (χ1v) is 9.78.